The van der Waals surface area contributed by atoms with E-state index < -0.39 is 0 Å². The zero-order chi connectivity index (χ0) is 15.5. The Bertz CT molecular complexity index is 586. The summed E-state index contributed by atoms with van der Waals surface area (Å²) in [4.78, 5) is 17.3. The minimum atomic E-state index is -0.0791. The summed E-state index contributed by atoms with van der Waals surface area (Å²) in [5.74, 6) is 0.221. The second-order valence-electron chi connectivity index (χ2n) is 5.65. The lowest BCUT2D eigenvalue weighted by atomic mass is 9.99. The van der Waals surface area contributed by atoms with E-state index in [0.29, 0.717) is 23.4 Å². The van der Waals surface area contributed by atoms with Crippen LogP contribution < -0.4 is 5.32 Å². The van der Waals surface area contributed by atoms with E-state index in [2.05, 4.69) is 10.2 Å². The number of aliphatic hydroxyl groups excluding tert-OH is 1. The van der Waals surface area contributed by atoms with Gasteiger partial charge in [0.2, 0.25) is 0 Å². The fraction of sp³-hybridized carbons (Fsp3) is 0.467. The molecule has 2 fully saturated rings. The fourth-order valence-corrected chi connectivity index (χ4v) is 3.75. The van der Waals surface area contributed by atoms with Crippen LogP contribution in [0.3, 0.4) is 0 Å². The topological polar surface area (TPSA) is 55.8 Å². The molecule has 1 aromatic rings. The zero-order valence-corrected chi connectivity index (χ0v) is 13.8. The number of nitrogens with zero attached hydrogens (tertiary/aromatic N) is 2. The van der Waals surface area contributed by atoms with Crippen molar-refractivity contribution in [2.75, 3.05) is 26.4 Å². The lowest BCUT2D eigenvalue weighted by molar-refractivity contribution is -0.124. The van der Waals surface area contributed by atoms with Crippen LogP contribution in [0.4, 0.5) is 0 Å². The van der Waals surface area contributed by atoms with Gasteiger partial charge in [0, 0.05) is 18.0 Å². The van der Waals surface area contributed by atoms with Crippen molar-refractivity contribution < 1.29 is 9.90 Å². The molecule has 0 spiro atoms. The van der Waals surface area contributed by atoms with Crippen molar-refractivity contribution in [3.63, 3.8) is 0 Å². The number of carbonyl (C=O) groups is 1. The average molecular weight is 337 g/mol. The van der Waals surface area contributed by atoms with E-state index >= 15 is 0 Å². The average Bonchev–Trinajstić information content (AvgIpc) is 3.12. The third kappa shape index (κ3) is 3.38. The van der Waals surface area contributed by atoms with Crippen LogP contribution in [0.1, 0.15) is 17.7 Å². The van der Waals surface area contributed by atoms with Crippen molar-refractivity contribution in [1.29, 1.82) is 0 Å². The van der Waals surface area contributed by atoms with Gasteiger partial charge in [0.1, 0.15) is 5.70 Å². The molecule has 1 atom stereocenters. The normalized spacial score (nSPS) is 25.0. The molecule has 3 heterocycles. The van der Waals surface area contributed by atoms with Gasteiger partial charge in [-0.3, -0.25) is 14.6 Å². The van der Waals surface area contributed by atoms with E-state index in [1.54, 1.807) is 16.2 Å². The van der Waals surface area contributed by atoms with E-state index in [1.807, 2.05) is 23.6 Å². The van der Waals surface area contributed by atoms with E-state index in [0.717, 1.165) is 30.8 Å². The molecule has 7 heteroatoms. The largest absolute Gasteiger partial charge is 0.396 e. The van der Waals surface area contributed by atoms with E-state index in [-0.39, 0.29) is 12.5 Å². The van der Waals surface area contributed by atoms with E-state index in [1.165, 1.54) is 0 Å². The van der Waals surface area contributed by atoms with Gasteiger partial charge in [-0.2, -0.15) is 0 Å². The van der Waals surface area contributed by atoms with Gasteiger partial charge in [-0.05, 0) is 55.0 Å². The Balaban J connectivity index is 1.67. The third-order valence-corrected chi connectivity index (χ3v) is 5.14. The van der Waals surface area contributed by atoms with Crippen LogP contribution in [0.15, 0.2) is 23.2 Å². The second-order valence-corrected chi connectivity index (χ2v) is 7.01. The summed E-state index contributed by atoms with van der Waals surface area (Å²) in [5, 5.41) is 14.7. The molecule has 118 valence electrons. The van der Waals surface area contributed by atoms with Crippen LogP contribution in [-0.4, -0.2) is 52.3 Å². The molecule has 5 nitrogen and oxygen atoms in total. The number of hydrogen-bond donors (Lipinski definition) is 2. The highest BCUT2D eigenvalue weighted by Crippen LogP contribution is 2.20. The van der Waals surface area contributed by atoms with Crippen LogP contribution in [0, 0.1) is 5.92 Å². The number of piperidine rings is 1. The summed E-state index contributed by atoms with van der Waals surface area (Å²) in [6.45, 7) is 2.44. The summed E-state index contributed by atoms with van der Waals surface area (Å²) >= 11 is 6.88. The Morgan fingerprint density at radius 1 is 1.55 bits per heavy atom. The number of hydrogen-bond acceptors (Lipinski definition) is 5. The van der Waals surface area contributed by atoms with Crippen LogP contribution >= 0.6 is 23.6 Å². The molecule has 0 bridgehead atoms. The van der Waals surface area contributed by atoms with Crippen molar-refractivity contribution in [2.24, 2.45) is 5.92 Å². The Kier molecular flexibility index (Phi) is 4.87. The van der Waals surface area contributed by atoms with Gasteiger partial charge in [0.25, 0.3) is 5.91 Å². The lowest BCUT2D eigenvalue weighted by Crippen LogP contribution is -2.46. The Labute approximate surface area is 139 Å². The van der Waals surface area contributed by atoms with Crippen LogP contribution in [0.25, 0.3) is 6.08 Å². The first-order valence-corrected chi connectivity index (χ1v) is 8.67. The molecule has 0 saturated carbocycles. The molecule has 3 rings (SSSR count). The summed E-state index contributed by atoms with van der Waals surface area (Å²) < 4.78 is 0. The number of rotatable bonds is 4. The number of nitrogens with one attached hydrogen (secondary N) is 1. The molecular formula is C15H19N3O2S2. The van der Waals surface area contributed by atoms with Gasteiger partial charge in [-0.25, -0.2) is 0 Å². The highest BCUT2D eigenvalue weighted by atomic mass is 32.1. The summed E-state index contributed by atoms with van der Waals surface area (Å²) in [6.07, 6.45) is 3.94. The molecule has 0 aliphatic carbocycles. The molecular weight excluding hydrogens is 318 g/mol. The van der Waals surface area contributed by atoms with E-state index in [9.17, 15) is 9.90 Å². The first kappa shape index (κ1) is 15.6. The lowest BCUT2D eigenvalue weighted by Gasteiger charge is -2.33. The van der Waals surface area contributed by atoms with Crippen molar-refractivity contribution in [3.05, 3.63) is 28.1 Å². The van der Waals surface area contributed by atoms with Gasteiger partial charge in [-0.15, -0.1) is 11.3 Å². The van der Waals surface area contributed by atoms with Gasteiger partial charge in [-0.1, -0.05) is 6.07 Å². The maximum Gasteiger partial charge on any atom is 0.277 e. The molecule has 2 aliphatic heterocycles. The van der Waals surface area contributed by atoms with Gasteiger partial charge >= 0.3 is 0 Å². The molecule has 0 radical (unpaired) electrons. The number of thiocarbonyl (C=S) groups is 1. The number of thiophene rings is 1. The summed E-state index contributed by atoms with van der Waals surface area (Å²) in [5.41, 5.74) is 0.531. The smallest absolute Gasteiger partial charge is 0.277 e. The number of amides is 1. The second kappa shape index (κ2) is 6.87. The Hall–Kier alpha value is -1.28. The minimum Gasteiger partial charge on any atom is -0.396 e. The molecule has 2 saturated heterocycles. The number of carbonyl (C=O) groups excluding carboxylic acids is 1. The van der Waals surface area contributed by atoms with Crippen LogP contribution in [0.5, 0.6) is 0 Å². The van der Waals surface area contributed by atoms with E-state index in [4.69, 9.17) is 12.2 Å². The Morgan fingerprint density at radius 2 is 2.41 bits per heavy atom. The summed E-state index contributed by atoms with van der Waals surface area (Å²) in [7, 11) is 0. The highest BCUT2D eigenvalue weighted by molar-refractivity contribution is 7.80. The fourth-order valence-electron chi connectivity index (χ4n) is 2.84. The van der Waals surface area contributed by atoms with Crippen molar-refractivity contribution in [2.45, 2.75) is 12.8 Å². The Morgan fingerprint density at radius 3 is 3.14 bits per heavy atom. The quantitative estimate of drug-likeness (QED) is 0.644. The molecule has 22 heavy (non-hydrogen) atoms. The monoisotopic (exact) mass is 337 g/mol. The molecule has 1 amide bonds. The van der Waals surface area contributed by atoms with Crippen LogP contribution in [0.2, 0.25) is 0 Å². The van der Waals surface area contributed by atoms with Gasteiger partial charge in [0.05, 0.1) is 6.67 Å². The predicted octanol–water partition coefficient (Wildman–Crippen LogP) is 1.47. The number of likely N-dealkylation sites (tertiary alicyclic amines) is 1. The first-order valence-electron chi connectivity index (χ1n) is 7.38. The maximum absolute atomic E-state index is 12.5. The molecule has 1 aromatic heterocycles. The standard InChI is InChI=1S/C15H19N3O2S2/c19-9-11-3-1-5-17(8-11)10-18-14(20)13(16-15(18)21)7-12-4-2-6-22-12/h2,4,6-7,11,19H,1,3,5,8-10H2,(H,16,21)/b13-7+/t11-/m0/s1. The molecule has 0 unspecified atom stereocenters. The third-order valence-electron chi connectivity index (χ3n) is 3.99. The molecule has 2 aliphatic rings. The SMILES string of the molecule is O=C1/C(=C\c2cccs2)NC(=S)N1CN1CCC[C@H](CO)C1. The molecule has 2 N–H and O–H groups in total. The van der Waals surface area contributed by atoms with Crippen molar-refractivity contribution in [1.82, 2.24) is 15.1 Å². The van der Waals surface area contributed by atoms with Crippen molar-refractivity contribution in [3.8, 4) is 0 Å². The van der Waals surface area contributed by atoms with Crippen molar-refractivity contribution >= 4 is 40.7 Å². The first-order chi connectivity index (χ1) is 10.7. The van der Waals surface area contributed by atoms with Gasteiger partial charge in [0.15, 0.2) is 5.11 Å². The number of aliphatic hydroxyl groups is 1. The summed E-state index contributed by atoms with van der Waals surface area (Å²) in [6, 6.07) is 3.92. The zero-order valence-electron chi connectivity index (χ0n) is 12.2. The highest BCUT2D eigenvalue weighted by Gasteiger charge is 2.33. The molecule has 0 aromatic carbocycles. The van der Waals surface area contributed by atoms with Crippen LogP contribution in [-0.2, 0) is 4.79 Å². The minimum absolute atomic E-state index is 0.0791. The maximum atomic E-state index is 12.5. The predicted molar refractivity (Wildman–Crippen MR) is 91.1 cm³/mol. The van der Waals surface area contributed by atoms with Gasteiger partial charge < -0.3 is 10.4 Å².